The highest BCUT2D eigenvalue weighted by Crippen LogP contribution is 2.41. The first kappa shape index (κ1) is 25.8. The fraction of sp³-hybridized carbons (Fsp3) is 0.323. The third kappa shape index (κ3) is 4.54. The average Bonchev–Trinajstić information content (AvgIpc) is 3.37. The van der Waals surface area contributed by atoms with Gasteiger partial charge >= 0.3 is 0 Å². The molecule has 1 atom stereocenters. The maximum atomic E-state index is 15.4. The summed E-state index contributed by atoms with van der Waals surface area (Å²) in [6.07, 6.45) is 0.538. The number of aromatic amines is 1. The van der Waals surface area contributed by atoms with E-state index in [1.165, 1.54) is 6.07 Å². The highest BCUT2D eigenvalue weighted by atomic mass is 19.1. The van der Waals surface area contributed by atoms with Crippen molar-refractivity contribution in [2.24, 2.45) is 0 Å². The van der Waals surface area contributed by atoms with Gasteiger partial charge in [-0.1, -0.05) is 12.1 Å². The molecule has 3 aromatic carbocycles. The summed E-state index contributed by atoms with van der Waals surface area (Å²) < 4.78 is 21.6. The van der Waals surface area contributed by atoms with Crippen LogP contribution in [0.1, 0.15) is 23.1 Å². The van der Waals surface area contributed by atoms with E-state index in [2.05, 4.69) is 43.5 Å². The average molecular weight is 536 g/mol. The normalized spacial score (nSPS) is 16.6. The Bertz CT molecular complexity index is 1660. The van der Waals surface area contributed by atoms with E-state index in [1.807, 2.05) is 38.2 Å². The van der Waals surface area contributed by atoms with Crippen LogP contribution in [0.4, 0.5) is 10.1 Å². The molecule has 1 saturated heterocycles. The van der Waals surface area contributed by atoms with Crippen LogP contribution < -0.4 is 15.0 Å². The molecule has 0 saturated carbocycles. The van der Waals surface area contributed by atoms with Crippen LogP contribution in [0.5, 0.6) is 5.75 Å². The number of piperazine rings is 1. The van der Waals surface area contributed by atoms with Crippen LogP contribution in [0.25, 0.3) is 33.3 Å². The second-order valence-electron chi connectivity index (χ2n) is 10.5. The molecule has 3 heterocycles. The highest BCUT2D eigenvalue weighted by molar-refractivity contribution is 5.98. The van der Waals surface area contributed by atoms with Gasteiger partial charge < -0.3 is 15.0 Å². The van der Waals surface area contributed by atoms with E-state index in [1.54, 1.807) is 6.07 Å². The molecule has 2 aliphatic heterocycles. The number of nitriles is 2. The van der Waals surface area contributed by atoms with Gasteiger partial charge in [0.05, 0.1) is 34.9 Å². The largest absolute Gasteiger partial charge is 0.489 e. The summed E-state index contributed by atoms with van der Waals surface area (Å²) in [5, 5.41) is 30.4. The van der Waals surface area contributed by atoms with E-state index >= 15 is 4.39 Å². The first-order valence-electron chi connectivity index (χ1n) is 13.5. The molecule has 6 rings (SSSR count). The topological polar surface area (TPSA) is 104 Å². The molecular formula is C31H30FN7O. The second kappa shape index (κ2) is 10.6. The van der Waals surface area contributed by atoms with Crippen molar-refractivity contribution in [2.45, 2.75) is 25.9 Å². The Morgan fingerprint density at radius 1 is 1.18 bits per heavy atom. The Hall–Kier alpha value is -4.44. The predicted molar refractivity (Wildman–Crippen MR) is 152 cm³/mol. The molecule has 0 bridgehead atoms. The lowest BCUT2D eigenvalue weighted by Crippen LogP contribution is -2.57. The van der Waals surface area contributed by atoms with Crippen LogP contribution in [0, 0.1) is 35.4 Å². The zero-order valence-corrected chi connectivity index (χ0v) is 22.6. The maximum Gasteiger partial charge on any atom is 0.143 e. The number of nitrogens with zero attached hydrogens (tertiary/aromatic N) is 5. The van der Waals surface area contributed by atoms with E-state index in [0.29, 0.717) is 41.8 Å². The molecule has 2 aliphatic rings. The van der Waals surface area contributed by atoms with Gasteiger partial charge in [0, 0.05) is 61.2 Å². The second-order valence-corrected chi connectivity index (χ2v) is 10.5. The van der Waals surface area contributed by atoms with E-state index in [9.17, 15) is 5.26 Å². The van der Waals surface area contributed by atoms with Crippen LogP contribution in [0.2, 0.25) is 0 Å². The monoisotopic (exact) mass is 535 g/mol. The van der Waals surface area contributed by atoms with Gasteiger partial charge in [-0.2, -0.15) is 15.6 Å². The molecule has 202 valence electrons. The van der Waals surface area contributed by atoms with Crippen molar-refractivity contribution in [1.29, 1.82) is 10.5 Å². The smallest absolute Gasteiger partial charge is 0.143 e. The minimum absolute atomic E-state index is 0.251. The van der Waals surface area contributed by atoms with Crippen molar-refractivity contribution >= 4 is 16.6 Å². The Balaban J connectivity index is 1.36. The summed E-state index contributed by atoms with van der Waals surface area (Å²) in [5.74, 6) is 0.460. The lowest BCUT2D eigenvalue weighted by molar-refractivity contribution is 0.169. The summed E-state index contributed by atoms with van der Waals surface area (Å²) >= 11 is 0. The van der Waals surface area contributed by atoms with Crippen molar-refractivity contribution < 1.29 is 9.13 Å². The summed E-state index contributed by atoms with van der Waals surface area (Å²) in [6, 6.07) is 17.9. The van der Waals surface area contributed by atoms with Gasteiger partial charge in [0.2, 0.25) is 0 Å². The first-order valence-corrected chi connectivity index (χ1v) is 13.5. The van der Waals surface area contributed by atoms with Crippen LogP contribution >= 0.6 is 0 Å². The van der Waals surface area contributed by atoms with Gasteiger partial charge in [0.1, 0.15) is 23.9 Å². The lowest BCUT2D eigenvalue weighted by atomic mass is 9.92. The van der Waals surface area contributed by atoms with Crippen LogP contribution in [-0.2, 0) is 6.54 Å². The van der Waals surface area contributed by atoms with E-state index in [4.69, 9.17) is 10.00 Å². The molecule has 9 heteroatoms. The molecule has 4 aromatic rings. The van der Waals surface area contributed by atoms with E-state index < -0.39 is 0 Å². The number of hydrogen-bond donors (Lipinski definition) is 2. The highest BCUT2D eigenvalue weighted by Gasteiger charge is 2.33. The lowest BCUT2D eigenvalue weighted by Gasteiger charge is -2.45. The van der Waals surface area contributed by atoms with Crippen molar-refractivity contribution in [3.8, 4) is 40.3 Å². The van der Waals surface area contributed by atoms with Gasteiger partial charge in [-0.3, -0.25) is 10.00 Å². The molecule has 0 aliphatic carbocycles. The van der Waals surface area contributed by atoms with Crippen LogP contribution in [0.15, 0.2) is 42.5 Å². The number of anilines is 1. The van der Waals surface area contributed by atoms with Gasteiger partial charge in [-0.05, 0) is 55.4 Å². The molecule has 8 nitrogen and oxygen atoms in total. The van der Waals surface area contributed by atoms with E-state index in [-0.39, 0.29) is 11.9 Å². The van der Waals surface area contributed by atoms with Crippen molar-refractivity contribution in [3.05, 3.63) is 65.0 Å². The molecule has 0 spiro atoms. The number of ether oxygens (including phenoxy) is 1. The summed E-state index contributed by atoms with van der Waals surface area (Å²) in [7, 11) is 1.83. The summed E-state index contributed by atoms with van der Waals surface area (Å²) in [5.41, 5.74) is 6.38. The molecule has 0 radical (unpaired) electrons. The van der Waals surface area contributed by atoms with E-state index in [0.717, 1.165) is 65.4 Å². The van der Waals surface area contributed by atoms with Gasteiger partial charge in [-0.15, -0.1) is 0 Å². The quantitative estimate of drug-likeness (QED) is 0.368. The standard InChI is InChI=1S/C31H30FN7O/c1-19-10-20(16-35-2)11-26(32)30(19)24-14-25-27(12-22(24)15-34)36-37-31(25)21-4-5-28-29(13-21)40-18-23-17-38(7-3-6-33)8-9-39(23)28/h4-5,10-14,23,35H,3,7-9,16-18H2,1-2H3,(H,36,37). The Kier molecular flexibility index (Phi) is 6.85. The van der Waals surface area contributed by atoms with Crippen LogP contribution in [0.3, 0.4) is 0 Å². The number of fused-ring (bicyclic) bond motifs is 4. The van der Waals surface area contributed by atoms with Crippen molar-refractivity contribution in [3.63, 3.8) is 0 Å². The third-order valence-electron chi connectivity index (χ3n) is 7.90. The molecule has 40 heavy (non-hydrogen) atoms. The fourth-order valence-electron chi connectivity index (χ4n) is 6.04. The van der Waals surface area contributed by atoms with Gasteiger partial charge in [0.15, 0.2) is 0 Å². The fourth-order valence-corrected chi connectivity index (χ4v) is 6.04. The van der Waals surface area contributed by atoms with Gasteiger partial charge in [0.25, 0.3) is 0 Å². The number of halogens is 1. The number of rotatable bonds is 6. The third-order valence-corrected chi connectivity index (χ3v) is 7.90. The molecule has 1 fully saturated rings. The molecule has 1 unspecified atom stereocenters. The molecule has 2 N–H and O–H groups in total. The number of aromatic nitrogens is 2. The van der Waals surface area contributed by atoms with Crippen molar-refractivity contribution in [1.82, 2.24) is 20.4 Å². The number of aryl methyl sites for hydroxylation is 1. The first-order chi connectivity index (χ1) is 19.5. The molecule has 0 amide bonds. The zero-order chi connectivity index (χ0) is 27.8. The SMILES string of the molecule is CNCc1cc(C)c(-c2cc3c(-c4ccc5c(c4)OCC4CN(CCC#N)CCN54)n[nH]c3cc2C#N)c(F)c1. The predicted octanol–water partition coefficient (Wildman–Crippen LogP) is 4.73. The zero-order valence-electron chi connectivity index (χ0n) is 22.6. The minimum atomic E-state index is -0.351. The number of nitrogens with one attached hydrogen (secondary N) is 2. The minimum Gasteiger partial charge on any atom is -0.489 e. The Labute approximate surface area is 232 Å². The Morgan fingerprint density at radius 3 is 2.83 bits per heavy atom. The summed E-state index contributed by atoms with van der Waals surface area (Å²) in [4.78, 5) is 4.73. The summed E-state index contributed by atoms with van der Waals surface area (Å²) in [6.45, 7) is 6.48. The number of benzene rings is 3. The van der Waals surface area contributed by atoms with Crippen LogP contribution in [-0.4, -0.2) is 61.0 Å². The maximum absolute atomic E-state index is 15.4. The molecule has 1 aromatic heterocycles. The van der Waals surface area contributed by atoms with Gasteiger partial charge in [-0.25, -0.2) is 4.39 Å². The number of hydrogen-bond acceptors (Lipinski definition) is 7. The van der Waals surface area contributed by atoms with Crippen molar-refractivity contribution in [2.75, 3.05) is 44.7 Å². The number of H-pyrrole nitrogens is 1. The molecular weight excluding hydrogens is 505 g/mol. The Morgan fingerprint density at radius 2 is 2.05 bits per heavy atom.